The fourth-order valence-corrected chi connectivity index (χ4v) is 5.65. The molecule has 0 bridgehead atoms. The molecule has 3 amide bonds. The predicted molar refractivity (Wildman–Crippen MR) is 172 cm³/mol. The molecule has 11 heteroatoms. The van der Waals surface area contributed by atoms with Gasteiger partial charge in [-0.3, -0.25) is 9.69 Å². The Morgan fingerprint density at radius 2 is 1.65 bits per heavy atom. The standard InChI is InChI=1S/C35H37F3N4O4/c1-22-18-42(23(2)21-43)33(44)28-11-7-13-30(40-34(45)39-29-12-6-9-25-8-4-5-10-27(25)29)32(28)46-31(22)20-41(3)19-24-14-16-26(17-15-24)35(36,37)38/h4-17,22-23,31,43H,18-21H2,1-3H3,(H2,39,40,45)/t22-,23+,31-/m1/s1. The van der Waals surface area contributed by atoms with Gasteiger partial charge in [-0.1, -0.05) is 61.5 Å². The molecule has 1 aliphatic heterocycles. The number of halogens is 3. The van der Waals surface area contributed by atoms with Gasteiger partial charge in [0.2, 0.25) is 0 Å². The Hall–Kier alpha value is -4.61. The maximum atomic E-state index is 13.8. The Bertz CT molecular complexity index is 1690. The Labute approximate surface area is 265 Å². The van der Waals surface area contributed by atoms with Crippen LogP contribution in [0, 0.1) is 5.92 Å². The monoisotopic (exact) mass is 634 g/mol. The van der Waals surface area contributed by atoms with Gasteiger partial charge in [0, 0.05) is 30.9 Å². The maximum Gasteiger partial charge on any atom is 0.416 e. The van der Waals surface area contributed by atoms with Crippen LogP contribution in [0.3, 0.4) is 0 Å². The summed E-state index contributed by atoms with van der Waals surface area (Å²) in [5.41, 5.74) is 1.15. The molecule has 0 saturated carbocycles. The molecule has 0 unspecified atom stereocenters. The first kappa shape index (κ1) is 32.8. The van der Waals surface area contributed by atoms with Crippen LogP contribution in [0.15, 0.2) is 84.9 Å². The van der Waals surface area contributed by atoms with E-state index >= 15 is 0 Å². The second kappa shape index (κ2) is 13.8. The van der Waals surface area contributed by atoms with E-state index in [1.54, 1.807) is 36.1 Å². The minimum Gasteiger partial charge on any atom is -0.486 e. The summed E-state index contributed by atoms with van der Waals surface area (Å²) in [5.74, 6) is -0.341. The molecular weight excluding hydrogens is 597 g/mol. The van der Waals surface area contributed by atoms with Gasteiger partial charge in [-0.25, -0.2) is 4.79 Å². The van der Waals surface area contributed by atoms with Crippen molar-refractivity contribution in [1.29, 1.82) is 0 Å². The van der Waals surface area contributed by atoms with Gasteiger partial charge in [0.25, 0.3) is 5.91 Å². The number of nitrogens with one attached hydrogen (secondary N) is 2. The summed E-state index contributed by atoms with van der Waals surface area (Å²) in [6.45, 7) is 4.50. The van der Waals surface area contributed by atoms with Gasteiger partial charge in [-0.15, -0.1) is 0 Å². The lowest BCUT2D eigenvalue weighted by atomic mass is 9.98. The van der Waals surface area contributed by atoms with E-state index in [4.69, 9.17) is 4.74 Å². The number of aliphatic hydroxyl groups is 1. The minimum atomic E-state index is -4.41. The predicted octanol–water partition coefficient (Wildman–Crippen LogP) is 6.85. The van der Waals surface area contributed by atoms with E-state index in [2.05, 4.69) is 10.6 Å². The SMILES string of the molecule is C[C@@H]1CN([C@@H](C)CO)C(=O)c2cccc(NC(=O)Nc3cccc4ccccc34)c2O[C@@H]1CN(C)Cc1ccc(C(F)(F)F)cc1. The summed E-state index contributed by atoms with van der Waals surface area (Å²) in [6, 6.07) is 22.3. The summed E-state index contributed by atoms with van der Waals surface area (Å²) < 4.78 is 45.7. The molecule has 46 heavy (non-hydrogen) atoms. The molecule has 0 aliphatic carbocycles. The third-order valence-electron chi connectivity index (χ3n) is 8.20. The largest absolute Gasteiger partial charge is 0.486 e. The van der Waals surface area contributed by atoms with Crippen LogP contribution in [0.25, 0.3) is 10.8 Å². The van der Waals surface area contributed by atoms with Crippen molar-refractivity contribution in [2.24, 2.45) is 5.92 Å². The first-order valence-electron chi connectivity index (χ1n) is 15.1. The molecule has 1 aliphatic rings. The summed E-state index contributed by atoms with van der Waals surface area (Å²) in [4.78, 5) is 30.6. The zero-order chi connectivity index (χ0) is 33.0. The first-order chi connectivity index (χ1) is 21.9. The summed E-state index contributed by atoms with van der Waals surface area (Å²) >= 11 is 0. The number of amides is 3. The van der Waals surface area contributed by atoms with Crippen LogP contribution in [0.2, 0.25) is 0 Å². The van der Waals surface area contributed by atoms with E-state index < -0.39 is 29.9 Å². The molecule has 1 heterocycles. The van der Waals surface area contributed by atoms with E-state index in [1.165, 1.54) is 12.1 Å². The summed E-state index contributed by atoms with van der Waals surface area (Å²) in [6.07, 6.45) is -4.89. The van der Waals surface area contributed by atoms with E-state index in [-0.39, 0.29) is 29.7 Å². The quantitative estimate of drug-likeness (QED) is 0.197. The number of urea groups is 1. The molecule has 0 fully saturated rings. The molecule has 0 radical (unpaired) electrons. The molecule has 0 aromatic heterocycles. The topological polar surface area (TPSA) is 94.1 Å². The van der Waals surface area contributed by atoms with Gasteiger partial charge in [-0.2, -0.15) is 13.2 Å². The number of hydrogen-bond acceptors (Lipinski definition) is 5. The van der Waals surface area contributed by atoms with Gasteiger partial charge in [-0.05, 0) is 55.3 Å². The smallest absolute Gasteiger partial charge is 0.416 e. The minimum absolute atomic E-state index is 0.204. The van der Waals surface area contributed by atoms with E-state index in [0.717, 1.165) is 22.9 Å². The highest BCUT2D eigenvalue weighted by Crippen LogP contribution is 2.35. The highest BCUT2D eigenvalue weighted by Gasteiger charge is 2.35. The number of para-hydroxylation sites is 1. The van der Waals surface area contributed by atoms with E-state index in [1.807, 2.05) is 55.3 Å². The lowest BCUT2D eigenvalue weighted by molar-refractivity contribution is -0.137. The third kappa shape index (κ3) is 7.43. The van der Waals surface area contributed by atoms with Crippen LogP contribution < -0.4 is 15.4 Å². The lowest BCUT2D eigenvalue weighted by Gasteiger charge is -2.38. The zero-order valence-electron chi connectivity index (χ0n) is 25.8. The van der Waals surface area contributed by atoms with Crippen LogP contribution in [-0.4, -0.2) is 65.7 Å². The van der Waals surface area contributed by atoms with Gasteiger partial charge in [0.05, 0.1) is 35.2 Å². The number of aliphatic hydroxyl groups excluding tert-OH is 1. The Morgan fingerprint density at radius 3 is 2.37 bits per heavy atom. The van der Waals surface area contributed by atoms with Crippen molar-refractivity contribution in [2.45, 2.75) is 38.7 Å². The number of fused-ring (bicyclic) bond motifs is 2. The van der Waals surface area contributed by atoms with Crippen molar-refractivity contribution in [2.75, 3.05) is 37.4 Å². The number of hydrogen-bond donors (Lipinski definition) is 3. The number of carbonyl (C=O) groups is 2. The molecule has 3 N–H and O–H groups in total. The number of alkyl halides is 3. The molecule has 4 aromatic carbocycles. The van der Waals surface area contributed by atoms with Crippen molar-refractivity contribution in [1.82, 2.24) is 9.80 Å². The van der Waals surface area contributed by atoms with E-state index in [0.29, 0.717) is 36.6 Å². The fourth-order valence-electron chi connectivity index (χ4n) is 5.65. The molecule has 8 nitrogen and oxygen atoms in total. The van der Waals surface area contributed by atoms with Crippen molar-refractivity contribution < 1.29 is 32.6 Å². The highest BCUT2D eigenvalue weighted by molar-refractivity contribution is 6.08. The second-order valence-corrected chi connectivity index (χ2v) is 11.8. The third-order valence-corrected chi connectivity index (χ3v) is 8.20. The zero-order valence-corrected chi connectivity index (χ0v) is 25.8. The maximum absolute atomic E-state index is 13.8. The molecule has 0 spiro atoms. The van der Waals surface area contributed by atoms with Crippen molar-refractivity contribution in [3.05, 3.63) is 102 Å². The van der Waals surface area contributed by atoms with Crippen LogP contribution in [0.4, 0.5) is 29.3 Å². The number of likely N-dealkylation sites (N-methyl/N-ethyl adjacent to an activating group) is 1. The van der Waals surface area contributed by atoms with E-state index in [9.17, 15) is 27.9 Å². The van der Waals surface area contributed by atoms with Crippen molar-refractivity contribution >= 4 is 34.1 Å². The highest BCUT2D eigenvalue weighted by atomic mass is 19.4. The molecule has 4 aromatic rings. The molecule has 5 rings (SSSR count). The lowest BCUT2D eigenvalue weighted by Crippen LogP contribution is -2.49. The summed E-state index contributed by atoms with van der Waals surface area (Å²) in [7, 11) is 1.84. The average Bonchev–Trinajstić information content (AvgIpc) is 3.02. The Balaban J connectivity index is 1.41. The fraction of sp³-hybridized carbons (Fsp3) is 0.314. The summed E-state index contributed by atoms with van der Waals surface area (Å²) in [5, 5.41) is 17.6. The van der Waals surface area contributed by atoms with Crippen LogP contribution in [-0.2, 0) is 12.7 Å². The van der Waals surface area contributed by atoms with Gasteiger partial charge in [0.15, 0.2) is 5.75 Å². The Kier molecular flexibility index (Phi) is 9.83. The van der Waals surface area contributed by atoms with Crippen molar-refractivity contribution in [3.8, 4) is 5.75 Å². The average molecular weight is 635 g/mol. The normalized spacial score (nSPS) is 17.6. The number of rotatable bonds is 8. The number of anilines is 2. The van der Waals surface area contributed by atoms with Crippen LogP contribution >= 0.6 is 0 Å². The van der Waals surface area contributed by atoms with Crippen LogP contribution in [0.1, 0.15) is 35.3 Å². The molecule has 0 saturated heterocycles. The number of carbonyl (C=O) groups excluding carboxylic acids is 2. The second-order valence-electron chi connectivity index (χ2n) is 11.8. The van der Waals surface area contributed by atoms with Gasteiger partial charge in [0.1, 0.15) is 6.10 Å². The number of ether oxygens (including phenoxy) is 1. The van der Waals surface area contributed by atoms with Crippen molar-refractivity contribution in [3.63, 3.8) is 0 Å². The van der Waals surface area contributed by atoms with Crippen LogP contribution in [0.5, 0.6) is 5.75 Å². The Morgan fingerprint density at radius 1 is 1.00 bits per heavy atom. The molecular formula is C35H37F3N4O4. The van der Waals surface area contributed by atoms with Gasteiger partial charge >= 0.3 is 12.2 Å². The molecule has 242 valence electrons. The number of nitrogens with zero attached hydrogens (tertiary/aromatic N) is 2. The van der Waals surface area contributed by atoms with Gasteiger partial charge < -0.3 is 25.4 Å². The first-order valence-corrected chi connectivity index (χ1v) is 15.1. The number of benzene rings is 4. The molecule has 3 atom stereocenters.